The molecule has 0 aliphatic rings. The lowest BCUT2D eigenvalue weighted by Crippen LogP contribution is -2.43. The van der Waals surface area contributed by atoms with E-state index in [0.717, 1.165) is 19.3 Å². The Bertz CT molecular complexity index is 367. The van der Waals surface area contributed by atoms with Crippen LogP contribution in [-0.2, 0) is 5.41 Å². The summed E-state index contributed by atoms with van der Waals surface area (Å²) >= 11 is 0. The molecule has 2 heteroatoms. The van der Waals surface area contributed by atoms with Gasteiger partial charge in [-0.25, -0.2) is 4.39 Å². The van der Waals surface area contributed by atoms with Crippen LogP contribution in [0, 0.1) is 5.82 Å². The summed E-state index contributed by atoms with van der Waals surface area (Å²) in [5.74, 6) is -0.179. The number of allylic oxidation sites excluding steroid dienone is 1. The Morgan fingerprint density at radius 3 is 2.44 bits per heavy atom. The first kappa shape index (κ1) is 14.9. The Balaban J connectivity index is 2.80. The van der Waals surface area contributed by atoms with Crippen molar-refractivity contribution in [1.82, 2.24) is 5.32 Å². The summed E-state index contributed by atoms with van der Waals surface area (Å²) in [6.07, 6.45) is 5.21. The molecule has 0 aliphatic heterocycles. The minimum Gasteiger partial charge on any atom is -0.316 e. The molecule has 1 rings (SSSR count). The Labute approximate surface area is 110 Å². The fourth-order valence-electron chi connectivity index (χ4n) is 2.41. The minimum absolute atomic E-state index is 0.0103. The van der Waals surface area contributed by atoms with Gasteiger partial charge in [-0.3, -0.25) is 0 Å². The zero-order valence-electron chi connectivity index (χ0n) is 11.7. The van der Waals surface area contributed by atoms with Crippen molar-refractivity contribution >= 4 is 0 Å². The van der Waals surface area contributed by atoms with Gasteiger partial charge in [0.05, 0.1) is 0 Å². The van der Waals surface area contributed by atoms with E-state index in [0.29, 0.717) is 6.04 Å². The summed E-state index contributed by atoms with van der Waals surface area (Å²) < 4.78 is 13.0. The van der Waals surface area contributed by atoms with Crippen molar-refractivity contribution in [3.8, 4) is 0 Å². The quantitative estimate of drug-likeness (QED) is 0.568. The number of nitrogens with one attached hydrogen (secondary N) is 1. The van der Waals surface area contributed by atoms with Gasteiger partial charge in [-0.05, 0) is 44.0 Å². The van der Waals surface area contributed by atoms with Gasteiger partial charge in [0.1, 0.15) is 5.82 Å². The van der Waals surface area contributed by atoms with Crippen LogP contribution in [-0.4, -0.2) is 13.1 Å². The van der Waals surface area contributed by atoms with Crippen molar-refractivity contribution in [3.63, 3.8) is 0 Å². The molecule has 1 atom stereocenters. The number of rotatable bonds is 7. The number of benzene rings is 1. The molecule has 0 bridgehead atoms. The van der Waals surface area contributed by atoms with Gasteiger partial charge in [0.25, 0.3) is 0 Å². The number of hydrogen-bond acceptors (Lipinski definition) is 1. The summed E-state index contributed by atoms with van der Waals surface area (Å²) in [5.41, 5.74) is 1.16. The van der Waals surface area contributed by atoms with E-state index in [2.05, 4.69) is 25.7 Å². The summed E-state index contributed by atoms with van der Waals surface area (Å²) in [6, 6.07) is 7.21. The molecule has 0 fully saturated rings. The summed E-state index contributed by atoms with van der Waals surface area (Å²) in [6.45, 7) is 8.16. The van der Waals surface area contributed by atoms with Gasteiger partial charge < -0.3 is 5.32 Å². The Morgan fingerprint density at radius 1 is 1.33 bits per heavy atom. The van der Waals surface area contributed by atoms with E-state index in [4.69, 9.17) is 0 Å². The molecule has 0 saturated carbocycles. The van der Waals surface area contributed by atoms with Gasteiger partial charge in [-0.1, -0.05) is 32.1 Å². The molecule has 0 saturated heterocycles. The monoisotopic (exact) mass is 249 g/mol. The standard InChI is InChI=1S/C16H24FN/c1-5-6-7-8-15(18-4)16(2,3)13-9-11-14(17)12-10-13/h5,9-12,15,18H,1,6-8H2,2-4H3. The molecule has 1 nitrogen and oxygen atoms in total. The second kappa shape index (κ2) is 6.69. The SMILES string of the molecule is C=CCCCC(NC)C(C)(C)c1ccc(F)cc1. The van der Waals surface area contributed by atoms with E-state index < -0.39 is 0 Å². The van der Waals surface area contributed by atoms with Crippen LogP contribution in [0.4, 0.5) is 4.39 Å². The molecule has 18 heavy (non-hydrogen) atoms. The highest BCUT2D eigenvalue weighted by Crippen LogP contribution is 2.29. The number of likely N-dealkylation sites (N-methyl/N-ethyl adjacent to an activating group) is 1. The topological polar surface area (TPSA) is 12.0 Å². The van der Waals surface area contributed by atoms with E-state index in [1.807, 2.05) is 25.3 Å². The van der Waals surface area contributed by atoms with Crippen molar-refractivity contribution < 1.29 is 4.39 Å². The minimum atomic E-state index is -0.179. The zero-order valence-corrected chi connectivity index (χ0v) is 11.7. The van der Waals surface area contributed by atoms with Gasteiger partial charge in [-0.2, -0.15) is 0 Å². The lowest BCUT2D eigenvalue weighted by atomic mass is 9.76. The van der Waals surface area contributed by atoms with Gasteiger partial charge in [0, 0.05) is 11.5 Å². The highest BCUT2D eigenvalue weighted by atomic mass is 19.1. The van der Waals surface area contributed by atoms with E-state index in [1.54, 1.807) is 0 Å². The van der Waals surface area contributed by atoms with Crippen LogP contribution in [0.3, 0.4) is 0 Å². The lowest BCUT2D eigenvalue weighted by molar-refractivity contribution is 0.334. The van der Waals surface area contributed by atoms with Crippen LogP contribution in [0.2, 0.25) is 0 Å². The highest BCUT2D eigenvalue weighted by molar-refractivity contribution is 5.26. The summed E-state index contributed by atoms with van der Waals surface area (Å²) in [7, 11) is 1.99. The van der Waals surface area contributed by atoms with Crippen LogP contribution in [0.1, 0.15) is 38.7 Å². The maximum atomic E-state index is 13.0. The zero-order chi connectivity index (χ0) is 13.6. The Kier molecular flexibility index (Phi) is 5.54. The van der Waals surface area contributed by atoms with Gasteiger partial charge in [0.15, 0.2) is 0 Å². The van der Waals surface area contributed by atoms with Gasteiger partial charge >= 0.3 is 0 Å². The third kappa shape index (κ3) is 3.67. The maximum absolute atomic E-state index is 13.0. The van der Waals surface area contributed by atoms with Crippen LogP contribution in [0.15, 0.2) is 36.9 Å². The average Bonchev–Trinajstić information content (AvgIpc) is 2.35. The van der Waals surface area contributed by atoms with Crippen molar-refractivity contribution in [2.75, 3.05) is 7.05 Å². The predicted octanol–water partition coefficient (Wildman–Crippen LogP) is 4.05. The summed E-state index contributed by atoms with van der Waals surface area (Å²) in [5, 5.41) is 3.39. The Hall–Kier alpha value is -1.15. The third-order valence-electron chi connectivity index (χ3n) is 3.71. The normalized spacial score (nSPS) is 13.3. The van der Waals surface area contributed by atoms with E-state index in [-0.39, 0.29) is 11.2 Å². The van der Waals surface area contributed by atoms with Crippen molar-refractivity contribution in [3.05, 3.63) is 48.3 Å². The molecule has 0 spiro atoms. The molecule has 1 N–H and O–H groups in total. The van der Waals surface area contributed by atoms with Crippen LogP contribution < -0.4 is 5.32 Å². The first-order valence-corrected chi connectivity index (χ1v) is 6.56. The molecule has 100 valence electrons. The lowest BCUT2D eigenvalue weighted by Gasteiger charge is -2.35. The second-order valence-electron chi connectivity index (χ2n) is 5.29. The van der Waals surface area contributed by atoms with E-state index in [1.165, 1.54) is 17.7 Å². The first-order valence-electron chi connectivity index (χ1n) is 6.56. The van der Waals surface area contributed by atoms with Crippen LogP contribution >= 0.6 is 0 Å². The molecule has 0 radical (unpaired) electrons. The molecule has 0 aromatic heterocycles. The first-order chi connectivity index (χ1) is 8.52. The fraction of sp³-hybridized carbons (Fsp3) is 0.500. The third-order valence-corrected chi connectivity index (χ3v) is 3.71. The molecular weight excluding hydrogens is 225 g/mol. The van der Waals surface area contributed by atoms with Crippen molar-refractivity contribution in [2.24, 2.45) is 0 Å². The predicted molar refractivity (Wildman–Crippen MR) is 76.3 cm³/mol. The molecule has 1 unspecified atom stereocenters. The summed E-state index contributed by atoms with van der Waals surface area (Å²) in [4.78, 5) is 0. The van der Waals surface area contributed by atoms with E-state index >= 15 is 0 Å². The van der Waals surface area contributed by atoms with Crippen LogP contribution in [0.5, 0.6) is 0 Å². The highest BCUT2D eigenvalue weighted by Gasteiger charge is 2.29. The molecule has 0 amide bonds. The fourth-order valence-corrected chi connectivity index (χ4v) is 2.41. The second-order valence-corrected chi connectivity index (χ2v) is 5.29. The molecule has 0 heterocycles. The van der Waals surface area contributed by atoms with Crippen molar-refractivity contribution in [1.29, 1.82) is 0 Å². The maximum Gasteiger partial charge on any atom is 0.123 e. The molecular formula is C16H24FN. The van der Waals surface area contributed by atoms with Crippen LogP contribution in [0.25, 0.3) is 0 Å². The van der Waals surface area contributed by atoms with Gasteiger partial charge in [-0.15, -0.1) is 6.58 Å². The Morgan fingerprint density at radius 2 is 1.94 bits per heavy atom. The smallest absolute Gasteiger partial charge is 0.123 e. The van der Waals surface area contributed by atoms with Crippen molar-refractivity contribution in [2.45, 2.75) is 44.6 Å². The molecule has 1 aromatic rings. The number of hydrogen-bond donors (Lipinski definition) is 1. The molecule has 1 aromatic carbocycles. The molecule has 0 aliphatic carbocycles. The average molecular weight is 249 g/mol. The largest absolute Gasteiger partial charge is 0.316 e. The van der Waals surface area contributed by atoms with E-state index in [9.17, 15) is 4.39 Å². The van der Waals surface area contributed by atoms with Gasteiger partial charge in [0.2, 0.25) is 0 Å². The number of halogens is 1. The number of unbranched alkanes of at least 4 members (excludes halogenated alkanes) is 1.